The van der Waals surface area contributed by atoms with Crippen LogP contribution in [-0.4, -0.2) is 53.1 Å². The summed E-state index contributed by atoms with van der Waals surface area (Å²) < 4.78 is 0. The van der Waals surface area contributed by atoms with Crippen LogP contribution in [0.2, 0.25) is 0 Å². The standard InChI is InChI=1S/C20H23N5O2/c1-14(26)21-17-6-4-16(5-7-17)20(27)25-12-10-24(11-13-25)19-9-8-18(22-23-19)15-2-3-15/h4-9,15H,2-3,10-13H2,1H3,(H,21,26). The molecule has 27 heavy (non-hydrogen) atoms. The maximum Gasteiger partial charge on any atom is 0.253 e. The first-order valence-corrected chi connectivity index (χ1v) is 9.35. The summed E-state index contributed by atoms with van der Waals surface area (Å²) in [4.78, 5) is 27.8. The number of hydrogen-bond acceptors (Lipinski definition) is 5. The third-order valence-corrected chi connectivity index (χ3v) is 5.01. The van der Waals surface area contributed by atoms with Gasteiger partial charge in [0.2, 0.25) is 5.91 Å². The lowest BCUT2D eigenvalue weighted by Crippen LogP contribution is -2.49. The van der Waals surface area contributed by atoms with E-state index in [4.69, 9.17) is 0 Å². The van der Waals surface area contributed by atoms with Crippen LogP contribution < -0.4 is 10.2 Å². The monoisotopic (exact) mass is 365 g/mol. The van der Waals surface area contributed by atoms with Crippen LogP contribution >= 0.6 is 0 Å². The maximum absolute atomic E-state index is 12.7. The minimum absolute atomic E-state index is 0.0131. The van der Waals surface area contributed by atoms with Gasteiger partial charge in [-0.1, -0.05) is 0 Å². The number of hydrogen-bond donors (Lipinski definition) is 1. The van der Waals surface area contributed by atoms with Crippen molar-refractivity contribution in [3.05, 3.63) is 47.7 Å². The number of benzene rings is 1. The van der Waals surface area contributed by atoms with Crippen molar-refractivity contribution in [2.75, 3.05) is 36.4 Å². The zero-order valence-corrected chi connectivity index (χ0v) is 15.4. The molecule has 140 valence electrons. The third kappa shape index (κ3) is 4.07. The molecule has 1 saturated heterocycles. The zero-order chi connectivity index (χ0) is 18.8. The summed E-state index contributed by atoms with van der Waals surface area (Å²) in [6.07, 6.45) is 2.45. The first-order chi connectivity index (χ1) is 13.1. The van der Waals surface area contributed by atoms with Crippen LogP contribution in [-0.2, 0) is 4.79 Å². The molecule has 1 aliphatic carbocycles. The van der Waals surface area contributed by atoms with Crippen molar-refractivity contribution < 1.29 is 9.59 Å². The Bertz CT molecular complexity index is 822. The average Bonchev–Trinajstić information content (AvgIpc) is 3.53. The van der Waals surface area contributed by atoms with Crippen molar-refractivity contribution in [3.63, 3.8) is 0 Å². The molecule has 0 bridgehead atoms. The summed E-state index contributed by atoms with van der Waals surface area (Å²) in [5.41, 5.74) is 2.42. The first kappa shape index (κ1) is 17.5. The van der Waals surface area contributed by atoms with Gasteiger partial charge >= 0.3 is 0 Å². The second kappa shape index (κ2) is 7.34. The van der Waals surface area contributed by atoms with E-state index in [1.54, 1.807) is 24.3 Å². The third-order valence-electron chi connectivity index (χ3n) is 5.01. The van der Waals surface area contributed by atoms with Crippen molar-refractivity contribution >= 4 is 23.3 Å². The van der Waals surface area contributed by atoms with Crippen molar-refractivity contribution in [1.29, 1.82) is 0 Å². The minimum Gasteiger partial charge on any atom is -0.352 e. The Morgan fingerprint density at radius 2 is 1.67 bits per heavy atom. The van der Waals surface area contributed by atoms with Gasteiger partial charge in [0, 0.05) is 50.3 Å². The van der Waals surface area contributed by atoms with Gasteiger partial charge in [-0.3, -0.25) is 9.59 Å². The summed E-state index contributed by atoms with van der Waals surface area (Å²) in [5, 5.41) is 11.4. The highest BCUT2D eigenvalue weighted by molar-refractivity contribution is 5.95. The van der Waals surface area contributed by atoms with Crippen LogP contribution in [0.1, 0.15) is 41.7 Å². The van der Waals surface area contributed by atoms with E-state index in [0.717, 1.165) is 24.6 Å². The maximum atomic E-state index is 12.7. The van der Waals surface area contributed by atoms with E-state index >= 15 is 0 Å². The van der Waals surface area contributed by atoms with Gasteiger partial charge in [0.25, 0.3) is 5.91 Å². The number of anilines is 2. The van der Waals surface area contributed by atoms with Gasteiger partial charge in [0.05, 0.1) is 5.69 Å². The van der Waals surface area contributed by atoms with E-state index in [-0.39, 0.29) is 11.8 Å². The Kier molecular flexibility index (Phi) is 4.75. The molecule has 7 heteroatoms. The SMILES string of the molecule is CC(=O)Nc1ccc(C(=O)N2CCN(c3ccc(C4CC4)nn3)CC2)cc1. The highest BCUT2D eigenvalue weighted by Gasteiger charge is 2.26. The summed E-state index contributed by atoms with van der Waals surface area (Å²) in [6, 6.07) is 11.1. The highest BCUT2D eigenvalue weighted by Crippen LogP contribution is 2.38. The van der Waals surface area contributed by atoms with E-state index in [2.05, 4.69) is 26.5 Å². The molecule has 0 radical (unpaired) electrons. The molecule has 1 aliphatic heterocycles. The lowest BCUT2D eigenvalue weighted by Gasteiger charge is -2.35. The lowest BCUT2D eigenvalue weighted by molar-refractivity contribution is -0.114. The Morgan fingerprint density at radius 3 is 2.22 bits per heavy atom. The normalized spacial score (nSPS) is 16.9. The molecule has 7 nitrogen and oxygen atoms in total. The summed E-state index contributed by atoms with van der Waals surface area (Å²) >= 11 is 0. The Balaban J connectivity index is 1.34. The molecule has 1 aromatic carbocycles. The van der Waals surface area contributed by atoms with Gasteiger partial charge in [0.1, 0.15) is 0 Å². The fraction of sp³-hybridized carbons (Fsp3) is 0.400. The van der Waals surface area contributed by atoms with Crippen LogP contribution in [0.15, 0.2) is 36.4 Å². The molecule has 1 N–H and O–H groups in total. The summed E-state index contributed by atoms with van der Waals surface area (Å²) in [5.74, 6) is 1.38. The molecule has 0 spiro atoms. The Morgan fingerprint density at radius 1 is 0.963 bits per heavy atom. The molecular formula is C20H23N5O2. The molecule has 2 aromatic rings. The molecule has 1 aromatic heterocycles. The van der Waals surface area contributed by atoms with Crippen molar-refractivity contribution in [2.24, 2.45) is 0 Å². The minimum atomic E-state index is -0.126. The molecule has 2 fully saturated rings. The van der Waals surface area contributed by atoms with Gasteiger partial charge < -0.3 is 15.1 Å². The van der Waals surface area contributed by atoms with E-state index in [1.165, 1.54) is 19.8 Å². The predicted molar refractivity (Wildman–Crippen MR) is 103 cm³/mol. The average molecular weight is 365 g/mol. The zero-order valence-electron chi connectivity index (χ0n) is 15.4. The molecule has 2 amide bonds. The van der Waals surface area contributed by atoms with Crippen molar-refractivity contribution in [2.45, 2.75) is 25.7 Å². The Labute approximate surface area is 158 Å². The van der Waals surface area contributed by atoms with Gasteiger partial charge in [-0.15, -0.1) is 5.10 Å². The number of nitrogens with one attached hydrogen (secondary N) is 1. The second-order valence-electron chi connectivity index (χ2n) is 7.13. The van der Waals surface area contributed by atoms with Gasteiger partial charge in [0.15, 0.2) is 5.82 Å². The van der Waals surface area contributed by atoms with E-state index in [1.807, 2.05) is 11.0 Å². The number of piperazine rings is 1. The number of rotatable bonds is 4. The highest BCUT2D eigenvalue weighted by atomic mass is 16.2. The number of nitrogens with zero attached hydrogens (tertiary/aromatic N) is 4. The molecular weight excluding hydrogens is 342 g/mol. The van der Waals surface area contributed by atoms with Crippen LogP contribution in [0.4, 0.5) is 11.5 Å². The number of carbonyl (C=O) groups excluding carboxylic acids is 2. The van der Waals surface area contributed by atoms with Crippen LogP contribution in [0.3, 0.4) is 0 Å². The van der Waals surface area contributed by atoms with E-state index < -0.39 is 0 Å². The molecule has 0 atom stereocenters. The van der Waals surface area contributed by atoms with Crippen LogP contribution in [0.25, 0.3) is 0 Å². The fourth-order valence-electron chi connectivity index (χ4n) is 3.32. The predicted octanol–water partition coefficient (Wildman–Crippen LogP) is 2.27. The largest absolute Gasteiger partial charge is 0.352 e. The van der Waals surface area contributed by atoms with Gasteiger partial charge in [-0.2, -0.15) is 5.10 Å². The number of aromatic nitrogens is 2. The topological polar surface area (TPSA) is 78.4 Å². The second-order valence-corrected chi connectivity index (χ2v) is 7.13. The van der Waals surface area contributed by atoms with Crippen molar-refractivity contribution in [1.82, 2.24) is 15.1 Å². The van der Waals surface area contributed by atoms with Crippen LogP contribution in [0.5, 0.6) is 0 Å². The van der Waals surface area contributed by atoms with E-state index in [0.29, 0.717) is 30.3 Å². The first-order valence-electron chi connectivity index (χ1n) is 9.35. The molecule has 2 heterocycles. The quantitative estimate of drug-likeness (QED) is 0.899. The van der Waals surface area contributed by atoms with E-state index in [9.17, 15) is 9.59 Å². The number of amides is 2. The number of carbonyl (C=O) groups is 2. The lowest BCUT2D eigenvalue weighted by atomic mass is 10.1. The Hall–Kier alpha value is -2.96. The molecule has 4 rings (SSSR count). The van der Waals surface area contributed by atoms with Gasteiger partial charge in [-0.25, -0.2) is 0 Å². The summed E-state index contributed by atoms with van der Waals surface area (Å²) in [6.45, 7) is 4.25. The molecule has 1 saturated carbocycles. The molecule has 2 aliphatic rings. The summed E-state index contributed by atoms with van der Waals surface area (Å²) in [7, 11) is 0. The smallest absolute Gasteiger partial charge is 0.253 e. The van der Waals surface area contributed by atoms with Gasteiger partial charge in [-0.05, 0) is 49.2 Å². The fourth-order valence-corrected chi connectivity index (χ4v) is 3.32. The van der Waals surface area contributed by atoms with Crippen molar-refractivity contribution in [3.8, 4) is 0 Å². The molecule has 0 unspecified atom stereocenters. The van der Waals surface area contributed by atoms with Crippen LogP contribution in [0, 0.1) is 0 Å².